The summed E-state index contributed by atoms with van der Waals surface area (Å²) in [7, 11) is 0. The first kappa shape index (κ1) is 20.1. The molecule has 0 unspecified atom stereocenters. The Morgan fingerprint density at radius 2 is 1.85 bits per heavy atom. The van der Waals surface area contributed by atoms with E-state index in [-0.39, 0.29) is 29.6 Å². The van der Waals surface area contributed by atoms with Gasteiger partial charge in [-0.05, 0) is 30.7 Å². The molecule has 7 heteroatoms. The lowest BCUT2D eigenvalue weighted by Crippen LogP contribution is -2.31. The Kier molecular flexibility index (Phi) is 6.91. The molecule has 0 spiro atoms. The Hall–Kier alpha value is -2.21. The third-order valence-corrected chi connectivity index (χ3v) is 4.23. The number of hydrogen-bond acceptors (Lipinski definition) is 2. The van der Waals surface area contributed by atoms with E-state index in [0.717, 1.165) is 17.7 Å². The summed E-state index contributed by atoms with van der Waals surface area (Å²) in [5.41, 5.74) is 0.409. The fourth-order valence-electron chi connectivity index (χ4n) is 2.48. The van der Waals surface area contributed by atoms with Crippen LogP contribution in [0.4, 0.5) is 18.9 Å². The third kappa shape index (κ3) is 5.66. The molecule has 0 heterocycles. The van der Waals surface area contributed by atoms with Crippen molar-refractivity contribution in [3.63, 3.8) is 0 Å². The largest absolute Gasteiger partial charge is 0.416 e. The smallest absolute Gasteiger partial charge is 0.383 e. The first-order valence-electron chi connectivity index (χ1n) is 8.23. The molecule has 0 atom stereocenters. The van der Waals surface area contributed by atoms with Crippen molar-refractivity contribution in [2.75, 3.05) is 18.4 Å². The van der Waals surface area contributed by atoms with Crippen LogP contribution in [0.2, 0.25) is 5.02 Å². The number of carbonyl (C=O) groups excluding carboxylic acids is 1. The van der Waals surface area contributed by atoms with Gasteiger partial charge in [0, 0.05) is 26.1 Å². The Balaban J connectivity index is 1.93. The molecule has 2 aromatic carbocycles. The molecule has 0 aromatic heterocycles. The van der Waals surface area contributed by atoms with Gasteiger partial charge in [0.05, 0.1) is 16.3 Å². The van der Waals surface area contributed by atoms with Gasteiger partial charge in [0.1, 0.15) is 0 Å². The number of alkyl halides is 3. The van der Waals surface area contributed by atoms with E-state index in [2.05, 4.69) is 5.32 Å². The Bertz CT molecular complexity index is 735. The summed E-state index contributed by atoms with van der Waals surface area (Å²) in [5.74, 6) is -0.0769. The van der Waals surface area contributed by atoms with Gasteiger partial charge in [-0.15, -0.1) is 0 Å². The van der Waals surface area contributed by atoms with Crippen molar-refractivity contribution in [2.45, 2.75) is 26.1 Å². The van der Waals surface area contributed by atoms with Gasteiger partial charge in [-0.2, -0.15) is 13.2 Å². The number of nitrogens with one attached hydrogen (secondary N) is 1. The van der Waals surface area contributed by atoms with Crippen molar-refractivity contribution in [2.24, 2.45) is 0 Å². The summed E-state index contributed by atoms with van der Waals surface area (Å²) in [4.78, 5) is 14.1. The molecule has 0 aliphatic rings. The van der Waals surface area contributed by atoms with Gasteiger partial charge in [0.2, 0.25) is 5.91 Å². The van der Waals surface area contributed by atoms with E-state index in [1.54, 1.807) is 4.90 Å². The van der Waals surface area contributed by atoms with Crippen molar-refractivity contribution in [3.8, 4) is 0 Å². The number of carbonyl (C=O) groups is 1. The van der Waals surface area contributed by atoms with Crippen molar-refractivity contribution in [1.82, 2.24) is 4.90 Å². The molecule has 0 fully saturated rings. The van der Waals surface area contributed by atoms with Crippen molar-refractivity contribution >= 4 is 23.2 Å². The summed E-state index contributed by atoms with van der Waals surface area (Å²) >= 11 is 5.93. The minimum atomic E-state index is -4.44. The predicted octanol–water partition coefficient (Wildman–Crippen LogP) is 5.21. The van der Waals surface area contributed by atoms with Crippen LogP contribution in [0.3, 0.4) is 0 Å². The monoisotopic (exact) mass is 384 g/mol. The average Bonchev–Trinajstić information content (AvgIpc) is 2.61. The van der Waals surface area contributed by atoms with Gasteiger partial charge < -0.3 is 10.2 Å². The molecular weight excluding hydrogens is 365 g/mol. The molecule has 0 radical (unpaired) electrons. The second-order valence-corrected chi connectivity index (χ2v) is 6.17. The molecule has 0 aliphatic carbocycles. The summed E-state index contributed by atoms with van der Waals surface area (Å²) in [5, 5.41) is 3.00. The summed E-state index contributed by atoms with van der Waals surface area (Å²) < 4.78 is 38.3. The second-order valence-electron chi connectivity index (χ2n) is 5.76. The summed E-state index contributed by atoms with van der Waals surface area (Å²) in [6.45, 7) is 3.14. The van der Waals surface area contributed by atoms with Gasteiger partial charge in [-0.1, -0.05) is 41.9 Å². The Morgan fingerprint density at radius 3 is 2.46 bits per heavy atom. The molecule has 1 N–H and O–H groups in total. The van der Waals surface area contributed by atoms with Gasteiger partial charge in [0.15, 0.2) is 0 Å². The maximum Gasteiger partial charge on any atom is 0.416 e. The highest BCUT2D eigenvalue weighted by molar-refractivity contribution is 6.33. The van der Waals surface area contributed by atoms with E-state index >= 15 is 0 Å². The van der Waals surface area contributed by atoms with Crippen LogP contribution in [-0.4, -0.2) is 23.9 Å². The van der Waals surface area contributed by atoms with Crippen molar-refractivity contribution in [3.05, 3.63) is 64.7 Å². The highest BCUT2D eigenvalue weighted by atomic mass is 35.5. The Labute approximate surface area is 155 Å². The zero-order chi connectivity index (χ0) is 19.2. The van der Waals surface area contributed by atoms with Crippen LogP contribution in [0, 0.1) is 0 Å². The zero-order valence-electron chi connectivity index (χ0n) is 14.3. The number of nitrogens with zero attached hydrogens (tertiary/aromatic N) is 1. The minimum Gasteiger partial charge on any atom is -0.383 e. The van der Waals surface area contributed by atoms with E-state index in [1.165, 1.54) is 6.07 Å². The lowest BCUT2D eigenvalue weighted by atomic mass is 10.2. The van der Waals surface area contributed by atoms with Gasteiger partial charge >= 0.3 is 6.18 Å². The summed E-state index contributed by atoms with van der Waals surface area (Å²) in [6.07, 6.45) is -4.28. The molecule has 2 aromatic rings. The average molecular weight is 385 g/mol. The molecule has 3 nitrogen and oxygen atoms in total. The second kappa shape index (κ2) is 8.94. The van der Waals surface area contributed by atoms with Crippen LogP contribution >= 0.6 is 11.6 Å². The molecule has 0 saturated heterocycles. The fourth-order valence-corrected chi connectivity index (χ4v) is 2.66. The quantitative estimate of drug-likeness (QED) is 0.710. The highest BCUT2D eigenvalue weighted by Crippen LogP contribution is 2.33. The van der Waals surface area contributed by atoms with Crippen LogP contribution in [0.25, 0.3) is 0 Å². The lowest BCUT2D eigenvalue weighted by Gasteiger charge is -2.21. The lowest BCUT2D eigenvalue weighted by molar-refractivity contribution is -0.137. The highest BCUT2D eigenvalue weighted by Gasteiger charge is 2.30. The number of amides is 1. The number of benzene rings is 2. The van der Waals surface area contributed by atoms with Crippen LogP contribution < -0.4 is 5.32 Å². The van der Waals surface area contributed by atoms with E-state index in [4.69, 9.17) is 11.6 Å². The molecule has 0 bridgehead atoms. The minimum absolute atomic E-state index is 0.0769. The first-order chi connectivity index (χ1) is 12.3. The van der Waals surface area contributed by atoms with Crippen LogP contribution in [0.1, 0.15) is 24.5 Å². The zero-order valence-corrected chi connectivity index (χ0v) is 15.1. The van der Waals surface area contributed by atoms with Crippen LogP contribution in [0.5, 0.6) is 0 Å². The van der Waals surface area contributed by atoms with E-state index < -0.39 is 11.7 Å². The van der Waals surface area contributed by atoms with Gasteiger partial charge in [-0.3, -0.25) is 4.79 Å². The molecular formula is C19H20ClF3N2O. The van der Waals surface area contributed by atoms with Crippen molar-refractivity contribution < 1.29 is 18.0 Å². The predicted molar refractivity (Wildman–Crippen MR) is 97.1 cm³/mol. The molecule has 0 saturated carbocycles. The number of anilines is 1. The van der Waals surface area contributed by atoms with E-state index in [9.17, 15) is 18.0 Å². The maximum absolute atomic E-state index is 12.8. The molecule has 1 amide bonds. The van der Waals surface area contributed by atoms with Gasteiger partial charge in [-0.25, -0.2) is 0 Å². The molecule has 140 valence electrons. The van der Waals surface area contributed by atoms with Crippen molar-refractivity contribution in [1.29, 1.82) is 0 Å². The van der Waals surface area contributed by atoms with E-state index in [1.807, 2.05) is 37.3 Å². The van der Waals surface area contributed by atoms with E-state index in [0.29, 0.717) is 13.1 Å². The van der Waals surface area contributed by atoms with Crippen LogP contribution in [0.15, 0.2) is 48.5 Å². The van der Waals surface area contributed by atoms with Gasteiger partial charge in [0.25, 0.3) is 0 Å². The normalized spacial score (nSPS) is 11.3. The topological polar surface area (TPSA) is 32.3 Å². The first-order valence-corrected chi connectivity index (χ1v) is 8.61. The molecule has 2 rings (SSSR count). The van der Waals surface area contributed by atoms with Crippen LogP contribution in [-0.2, 0) is 17.5 Å². The standard InChI is InChI=1S/C19H20ClF3N2O/c1-2-25(13-14-6-4-3-5-7-14)18(26)10-11-24-17-12-15(19(21,22)23)8-9-16(17)20/h3-9,12,24H,2,10-11,13H2,1H3. The molecule has 26 heavy (non-hydrogen) atoms. The number of halogens is 4. The number of hydrogen-bond donors (Lipinski definition) is 1. The number of rotatable bonds is 7. The fraction of sp³-hybridized carbons (Fsp3) is 0.316. The summed E-state index contributed by atoms with van der Waals surface area (Å²) in [6, 6.07) is 12.7. The Morgan fingerprint density at radius 1 is 1.15 bits per heavy atom. The maximum atomic E-state index is 12.8. The molecule has 0 aliphatic heterocycles. The SMILES string of the molecule is CCN(Cc1ccccc1)C(=O)CCNc1cc(C(F)(F)F)ccc1Cl. The third-order valence-electron chi connectivity index (χ3n) is 3.90.